The summed E-state index contributed by atoms with van der Waals surface area (Å²) in [5.74, 6) is -1.75. The van der Waals surface area contributed by atoms with E-state index in [2.05, 4.69) is 29.7 Å². The number of ketones is 1. The fraction of sp³-hybridized carbons (Fsp3) is 0.304. The summed E-state index contributed by atoms with van der Waals surface area (Å²) in [6.45, 7) is 0. The number of halogens is 12. The third kappa shape index (κ3) is 9.10. The number of nitrogens with one attached hydrogen (secondary N) is 1. The highest BCUT2D eigenvalue weighted by Gasteiger charge is 2.59. The molecule has 3 rings (SSSR count). The lowest BCUT2D eigenvalue weighted by Crippen LogP contribution is -2.47. The molecule has 0 fully saturated rings. The topological polar surface area (TPSA) is 86.2 Å². The summed E-state index contributed by atoms with van der Waals surface area (Å²) >= 11 is 0. The van der Waals surface area contributed by atoms with Crippen molar-refractivity contribution in [3.63, 3.8) is 0 Å². The lowest BCUT2D eigenvalue weighted by atomic mass is 10.0. The molecule has 1 unspecified atom stereocenters. The van der Waals surface area contributed by atoms with Crippen LogP contribution in [-0.4, -0.2) is 65.1 Å². The Labute approximate surface area is 227 Å². The minimum absolute atomic E-state index is 0.142. The summed E-state index contributed by atoms with van der Waals surface area (Å²) in [4.78, 5) is 22.1. The molecule has 0 radical (unpaired) electrons. The molecule has 1 aromatic heterocycles. The quantitative estimate of drug-likeness (QED) is 0.205. The summed E-state index contributed by atoms with van der Waals surface area (Å²) in [7, 11) is 0.500. The second-order valence-electron chi connectivity index (χ2n) is 7.59. The molecule has 1 atom stereocenters. The van der Waals surface area contributed by atoms with Crippen LogP contribution in [0.2, 0.25) is 0 Å². The van der Waals surface area contributed by atoms with Crippen LogP contribution in [0.15, 0.2) is 54.6 Å². The minimum Gasteiger partial charge on any atom is -0.444 e. The number of aromatic nitrogens is 3. The number of hydrogen-bond donors (Lipinski definition) is 1. The predicted molar refractivity (Wildman–Crippen MR) is 119 cm³/mol. The highest BCUT2D eigenvalue weighted by Crippen LogP contribution is 2.37. The molecule has 0 amide bonds. The lowest BCUT2D eigenvalue weighted by Gasteiger charge is -2.23. The van der Waals surface area contributed by atoms with Crippen LogP contribution in [0.4, 0.5) is 64.3 Å². The molecule has 7 nitrogen and oxygen atoms in total. The van der Waals surface area contributed by atoms with Gasteiger partial charge in [-0.25, -0.2) is 8.78 Å². The number of anilines is 2. The Morgan fingerprint density at radius 1 is 0.714 bits per heavy atom. The number of benzene rings is 2. The molecular formula is C23H16F12N4O3. The first kappa shape index (κ1) is 33.9. The van der Waals surface area contributed by atoms with Gasteiger partial charge in [0.2, 0.25) is 5.95 Å². The maximum Gasteiger partial charge on any atom is 0.434 e. The van der Waals surface area contributed by atoms with Crippen LogP contribution in [-0.2, 0) is 0 Å². The van der Waals surface area contributed by atoms with Crippen molar-refractivity contribution in [1.82, 2.24) is 15.0 Å². The number of carbonyl (C=O) groups excluding carboxylic acids is 1. The Kier molecular flexibility index (Phi) is 10.9. The predicted octanol–water partition coefficient (Wildman–Crippen LogP) is 6.88. The number of hydrogen-bond acceptors (Lipinski definition) is 7. The molecule has 0 aliphatic heterocycles. The third-order valence-corrected chi connectivity index (χ3v) is 4.65. The molecule has 0 spiro atoms. The van der Waals surface area contributed by atoms with E-state index < -0.39 is 60.9 Å². The summed E-state index contributed by atoms with van der Waals surface area (Å²) in [6.07, 6.45) is -30.7. The number of para-hydroxylation sites is 1. The molecule has 2 aromatic carbocycles. The molecule has 3 aromatic rings. The van der Waals surface area contributed by atoms with Crippen molar-refractivity contribution in [2.75, 3.05) is 12.5 Å². The normalized spacial score (nSPS) is 12.8. The van der Waals surface area contributed by atoms with E-state index in [1.54, 1.807) is 6.07 Å². The van der Waals surface area contributed by atoms with Crippen molar-refractivity contribution in [2.45, 2.75) is 37.2 Å². The molecule has 0 saturated heterocycles. The van der Waals surface area contributed by atoms with E-state index in [0.717, 1.165) is 0 Å². The molecule has 1 heterocycles. The monoisotopic (exact) mass is 624 g/mol. The molecule has 0 bridgehead atoms. The van der Waals surface area contributed by atoms with Gasteiger partial charge in [0, 0.05) is 11.1 Å². The number of carbonyl (C=O) groups is 1. The zero-order valence-electron chi connectivity index (χ0n) is 20.5. The Hall–Kier alpha value is -4.32. The van der Waals surface area contributed by atoms with Gasteiger partial charge in [-0.05, 0) is 12.1 Å². The molecule has 0 aliphatic rings. The van der Waals surface area contributed by atoms with Crippen LogP contribution in [0, 0.1) is 0 Å². The van der Waals surface area contributed by atoms with Crippen molar-refractivity contribution in [2.24, 2.45) is 0 Å². The first-order chi connectivity index (χ1) is 19.5. The van der Waals surface area contributed by atoms with E-state index >= 15 is 0 Å². The summed E-state index contributed by atoms with van der Waals surface area (Å²) in [5.41, 5.74) is -0.240. The van der Waals surface area contributed by atoms with Gasteiger partial charge in [0.05, 0.1) is 12.9 Å². The average molecular weight is 624 g/mol. The van der Waals surface area contributed by atoms with Gasteiger partial charge < -0.3 is 14.8 Å². The zero-order chi connectivity index (χ0) is 31.9. The summed E-state index contributed by atoms with van der Waals surface area (Å²) in [5, 5.41) is 2.22. The molecule has 230 valence electrons. The third-order valence-electron chi connectivity index (χ3n) is 4.65. The van der Waals surface area contributed by atoms with Gasteiger partial charge in [-0.15, -0.1) is 4.98 Å². The van der Waals surface area contributed by atoms with E-state index in [-0.39, 0.29) is 16.8 Å². The Morgan fingerprint density at radius 2 is 1.21 bits per heavy atom. The second-order valence-corrected chi connectivity index (χ2v) is 7.59. The first-order valence-corrected chi connectivity index (χ1v) is 10.9. The number of alkyl halides is 12. The standard InChI is InChI=1S/C22H13F11N4O3.CH3F/c23-15(24)14(20(25,26)27)39-18-35-17(36-19(37-18)40-16(21(28,29)30)22(31,32)33)34-12-9-5-4-8-11(12)13(38)10-6-2-1-3-7-10;1-2/h1-9,14-16H,(H,34,35,36,37);1H3. The molecule has 19 heteroatoms. The first-order valence-electron chi connectivity index (χ1n) is 10.9. The van der Waals surface area contributed by atoms with Crippen LogP contribution in [0.25, 0.3) is 0 Å². The van der Waals surface area contributed by atoms with Crippen molar-refractivity contribution in [3.05, 3.63) is 65.7 Å². The number of ether oxygens (including phenoxy) is 2. The van der Waals surface area contributed by atoms with Crippen molar-refractivity contribution < 1.29 is 67.0 Å². The number of nitrogens with zero attached hydrogens (tertiary/aromatic N) is 3. The summed E-state index contributed by atoms with van der Waals surface area (Å²) < 4.78 is 160. The maximum atomic E-state index is 13.0. The molecule has 0 aliphatic carbocycles. The van der Waals surface area contributed by atoms with Crippen LogP contribution < -0.4 is 14.8 Å². The van der Waals surface area contributed by atoms with E-state index in [4.69, 9.17) is 0 Å². The maximum absolute atomic E-state index is 13.0. The van der Waals surface area contributed by atoms with Crippen molar-refractivity contribution in [3.8, 4) is 12.0 Å². The second kappa shape index (κ2) is 13.6. The van der Waals surface area contributed by atoms with E-state index in [1.165, 1.54) is 48.5 Å². The molecular weight excluding hydrogens is 608 g/mol. The molecule has 0 saturated carbocycles. The largest absolute Gasteiger partial charge is 0.444 e. The Balaban J connectivity index is 0.00000301. The van der Waals surface area contributed by atoms with Crippen LogP contribution >= 0.6 is 0 Å². The molecule has 1 N–H and O–H groups in total. The SMILES string of the molecule is CF.O=C(c1ccccc1)c1ccccc1Nc1nc(OC(C(F)F)C(F)(F)F)nc(OC(C(F)(F)F)C(F)(F)F)n1. The van der Waals surface area contributed by atoms with Crippen molar-refractivity contribution >= 4 is 17.4 Å². The zero-order valence-corrected chi connectivity index (χ0v) is 20.5. The average Bonchev–Trinajstić information content (AvgIpc) is 2.90. The van der Waals surface area contributed by atoms with Crippen LogP contribution in [0.3, 0.4) is 0 Å². The summed E-state index contributed by atoms with van der Waals surface area (Å²) in [6, 6.07) is 8.93. The highest BCUT2D eigenvalue weighted by molar-refractivity contribution is 6.12. The van der Waals surface area contributed by atoms with Gasteiger partial charge in [0.15, 0.2) is 5.78 Å². The van der Waals surface area contributed by atoms with Gasteiger partial charge in [0.25, 0.3) is 18.6 Å². The van der Waals surface area contributed by atoms with Gasteiger partial charge in [-0.3, -0.25) is 9.18 Å². The Bertz CT molecular complexity index is 1300. The minimum atomic E-state index is -6.11. The van der Waals surface area contributed by atoms with E-state index in [0.29, 0.717) is 7.18 Å². The fourth-order valence-corrected chi connectivity index (χ4v) is 2.95. The number of rotatable bonds is 9. The van der Waals surface area contributed by atoms with E-state index in [9.17, 15) is 57.5 Å². The highest BCUT2D eigenvalue weighted by atomic mass is 19.4. The lowest BCUT2D eigenvalue weighted by molar-refractivity contribution is -0.301. The van der Waals surface area contributed by atoms with Gasteiger partial charge in [0.1, 0.15) is 0 Å². The van der Waals surface area contributed by atoms with Gasteiger partial charge in [-0.2, -0.15) is 49.5 Å². The molecule has 42 heavy (non-hydrogen) atoms. The van der Waals surface area contributed by atoms with Gasteiger partial charge >= 0.3 is 30.5 Å². The fourth-order valence-electron chi connectivity index (χ4n) is 2.95. The van der Waals surface area contributed by atoms with Crippen LogP contribution in [0.1, 0.15) is 15.9 Å². The van der Waals surface area contributed by atoms with Crippen molar-refractivity contribution in [1.29, 1.82) is 0 Å². The van der Waals surface area contributed by atoms with Crippen LogP contribution in [0.5, 0.6) is 12.0 Å². The smallest absolute Gasteiger partial charge is 0.434 e. The Morgan fingerprint density at radius 3 is 1.71 bits per heavy atom. The van der Waals surface area contributed by atoms with Gasteiger partial charge in [-0.1, -0.05) is 42.5 Å². The van der Waals surface area contributed by atoms with E-state index in [1.807, 2.05) is 0 Å².